The molecule has 1 fully saturated rings. The van der Waals surface area contributed by atoms with Crippen LogP contribution in [0.25, 0.3) is 10.8 Å². The van der Waals surface area contributed by atoms with Gasteiger partial charge in [0.15, 0.2) is 5.78 Å². The number of hydrogen-bond acceptors (Lipinski definition) is 4. The minimum atomic E-state index is -3.03. The van der Waals surface area contributed by atoms with Gasteiger partial charge in [-0.2, -0.15) is 5.26 Å². The van der Waals surface area contributed by atoms with E-state index in [2.05, 4.69) is 4.98 Å². The number of carbonyl (C=O) groups excluding carboxylic acids is 2. The molecule has 0 aliphatic carbocycles. The molecule has 1 amide bonds. The summed E-state index contributed by atoms with van der Waals surface area (Å²) in [7, 11) is 0. The highest BCUT2D eigenvalue weighted by atomic mass is 19.3. The van der Waals surface area contributed by atoms with Crippen molar-refractivity contribution in [2.75, 3.05) is 6.54 Å². The van der Waals surface area contributed by atoms with Crippen LogP contribution in [0.4, 0.5) is 8.78 Å². The van der Waals surface area contributed by atoms with Crippen molar-refractivity contribution in [3.8, 4) is 6.07 Å². The lowest BCUT2D eigenvalue weighted by molar-refractivity contribution is -0.132. The fourth-order valence-electron chi connectivity index (χ4n) is 3.47. The number of nitrogens with zero attached hydrogens (tertiary/aromatic N) is 2. The first-order valence-electron chi connectivity index (χ1n) is 9.03. The van der Waals surface area contributed by atoms with Crippen molar-refractivity contribution in [1.82, 2.24) is 9.88 Å². The van der Waals surface area contributed by atoms with Gasteiger partial charge in [-0.15, -0.1) is 0 Å². The number of aromatic nitrogens is 1. The van der Waals surface area contributed by atoms with Crippen LogP contribution in [-0.4, -0.2) is 40.1 Å². The summed E-state index contributed by atoms with van der Waals surface area (Å²) in [6, 6.07) is 7.45. The molecule has 8 heteroatoms. The standard InChI is InChI=1S/C20H19F2N3O3/c21-20(22)9-13(10-23)25(12-20)18(27)8-4-3-7-17(26)16-11-24-19(28)15-6-2-1-5-14(15)16/h1-2,5-6,11,13H,3-4,7-9,12H2,(H,24,28)/t13-/m0/s1. The number of benzene rings is 1. The Morgan fingerprint density at radius 1 is 1.21 bits per heavy atom. The molecule has 1 aliphatic heterocycles. The van der Waals surface area contributed by atoms with E-state index in [0.717, 1.165) is 4.90 Å². The second-order valence-electron chi connectivity index (χ2n) is 6.93. The molecule has 2 aromatic rings. The van der Waals surface area contributed by atoms with E-state index in [1.54, 1.807) is 30.3 Å². The molecule has 0 spiro atoms. The van der Waals surface area contributed by atoms with Crippen LogP contribution in [0, 0.1) is 11.3 Å². The molecule has 2 heterocycles. The summed E-state index contributed by atoms with van der Waals surface area (Å²) < 4.78 is 26.8. The summed E-state index contributed by atoms with van der Waals surface area (Å²) in [5.74, 6) is -3.69. The van der Waals surface area contributed by atoms with Gasteiger partial charge in [0.25, 0.3) is 11.5 Å². The molecule has 6 nitrogen and oxygen atoms in total. The van der Waals surface area contributed by atoms with Crippen molar-refractivity contribution >= 4 is 22.5 Å². The van der Waals surface area contributed by atoms with Crippen molar-refractivity contribution < 1.29 is 18.4 Å². The number of hydrogen-bond donors (Lipinski definition) is 1. The van der Waals surface area contributed by atoms with E-state index >= 15 is 0 Å². The molecule has 1 atom stereocenters. The molecule has 1 saturated heterocycles. The van der Waals surface area contributed by atoms with Gasteiger partial charge >= 0.3 is 0 Å². The Morgan fingerprint density at radius 2 is 1.89 bits per heavy atom. The number of carbonyl (C=O) groups is 2. The number of alkyl halides is 2. The van der Waals surface area contributed by atoms with Crippen LogP contribution in [0.1, 0.15) is 42.5 Å². The Balaban J connectivity index is 1.56. The third-order valence-corrected chi connectivity index (χ3v) is 4.89. The fourth-order valence-corrected chi connectivity index (χ4v) is 3.47. The molecule has 0 unspecified atom stereocenters. The number of fused-ring (bicyclic) bond motifs is 1. The third-order valence-electron chi connectivity index (χ3n) is 4.89. The van der Waals surface area contributed by atoms with Gasteiger partial charge in [0.1, 0.15) is 6.04 Å². The minimum absolute atomic E-state index is 0.00785. The Labute approximate surface area is 159 Å². The number of nitriles is 1. The van der Waals surface area contributed by atoms with Gasteiger partial charge in [-0.3, -0.25) is 14.4 Å². The second kappa shape index (κ2) is 7.89. The van der Waals surface area contributed by atoms with Crippen molar-refractivity contribution in [1.29, 1.82) is 5.26 Å². The van der Waals surface area contributed by atoms with Crippen molar-refractivity contribution in [2.24, 2.45) is 0 Å². The van der Waals surface area contributed by atoms with E-state index in [-0.39, 0.29) is 24.2 Å². The molecule has 28 heavy (non-hydrogen) atoms. The molecule has 0 bridgehead atoms. The van der Waals surface area contributed by atoms with E-state index in [0.29, 0.717) is 29.2 Å². The molecular weight excluding hydrogens is 368 g/mol. The van der Waals surface area contributed by atoms with Gasteiger partial charge in [0.05, 0.1) is 12.6 Å². The van der Waals surface area contributed by atoms with Gasteiger partial charge in [0.2, 0.25) is 5.91 Å². The minimum Gasteiger partial charge on any atom is -0.328 e. The molecule has 1 aromatic heterocycles. The molecule has 1 aromatic carbocycles. The summed E-state index contributed by atoms with van der Waals surface area (Å²) >= 11 is 0. The Morgan fingerprint density at radius 3 is 2.61 bits per heavy atom. The maximum atomic E-state index is 13.4. The summed E-state index contributed by atoms with van der Waals surface area (Å²) in [6.45, 7) is -0.730. The zero-order valence-corrected chi connectivity index (χ0v) is 15.1. The number of Topliss-reactive ketones (excluding diaryl/α,β-unsaturated/α-hetero) is 1. The van der Waals surface area contributed by atoms with Gasteiger partial charge in [-0.25, -0.2) is 8.78 Å². The van der Waals surface area contributed by atoms with Gasteiger partial charge in [-0.05, 0) is 24.3 Å². The summed E-state index contributed by atoms with van der Waals surface area (Å²) in [4.78, 5) is 39.9. The lowest BCUT2D eigenvalue weighted by atomic mass is 10.0. The number of H-pyrrole nitrogens is 1. The topological polar surface area (TPSA) is 94.0 Å². The molecule has 3 rings (SSSR count). The lowest BCUT2D eigenvalue weighted by Crippen LogP contribution is -2.35. The van der Waals surface area contributed by atoms with E-state index in [9.17, 15) is 23.2 Å². The molecule has 0 saturated carbocycles. The highest BCUT2D eigenvalue weighted by molar-refractivity contribution is 6.07. The number of unbranched alkanes of at least 4 members (excludes halogenated alkanes) is 1. The third kappa shape index (κ3) is 4.09. The van der Waals surface area contributed by atoms with E-state index in [1.165, 1.54) is 6.20 Å². The Hall–Kier alpha value is -3.08. The largest absolute Gasteiger partial charge is 0.328 e. The molecule has 1 N–H and O–H groups in total. The predicted octanol–water partition coefficient (Wildman–Crippen LogP) is 3.03. The average Bonchev–Trinajstić information content (AvgIpc) is 3.00. The number of amides is 1. The fraction of sp³-hybridized carbons (Fsp3) is 0.400. The first-order valence-corrected chi connectivity index (χ1v) is 9.03. The van der Waals surface area contributed by atoms with E-state index in [1.807, 2.05) is 0 Å². The van der Waals surface area contributed by atoms with Crippen LogP contribution in [0.15, 0.2) is 35.3 Å². The van der Waals surface area contributed by atoms with Gasteiger partial charge in [0, 0.05) is 36.4 Å². The molecule has 146 valence electrons. The average molecular weight is 387 g/mol. The van der Waals surface area contributed by atoms with Crippen LogP contribution in [0.3, 0.4) is 0 Å². The van der Waals surface area contributed by atoms with Gasteiger partial charge < -0.3 is 9.88 Å². The van der Waals surface area contributed by atoms with Crippen LogP contribution < -0.4 is 5.56 Å². The highest BCUT2D eigenvalue weighted by Gasteiger charge is 2.46. The van der Waals surface area contributed by atoms with E-state index < -0.39 is 30.8 Å². The summed E-state index contributed by atoms with van der Waals surface area (Å²) in [5.41, 5.74) is 0.137. The summed E-state index contributed by atoms with van der Waals surface area (Å²) in [6.07, 6.45) is 1.69. The SMILES string of the molecule is N#C[C@@H]1CC(F)(F)CN1C(=O)CCCCC(=O)c1c[nH]c(=O)c2ccccc12. The summed E-state index contributed by atoms with van der Waals surface area (Å²) in [5, 5.41) is 9.95. The van der Waals surface area contributed by atoms with Crippen molar-refractivity contribution in [3.05, 3.63) is 46.4 Å². The number of halogens is 2. The van der Waals surface area contributed by atoms with Crippen molar-refractivity contribution in [2.45, 2.75) is 44.1 Å². The normalized spacial score (nSPS) is 18.2. The number of pyridine rings is 1. The maximum absolute atomic E-state index is 13.4. The second-order valence-corrected chi connectivity index (χ2v) is 6.93. The number of ketones is 1. The van der Waals surface area contributed by atoms with Gasteiger partial charge in [-0.1, -0.05) is 18.2 Å². The van der Waals surface area contributed by atoms with E-state index in [4.69, 9.17) is 5.26 Å². The Kier molecular flexibility index (Phi) is 5.54. The van der Waals surface area contributed by atoms with Crippen LogP contribution in [0.5, 0.6) is 0 Å². The lowest BCUT2D eigenvalue weighted by Gasteiger charge is -2.18. The van der Waals surface area contributed by atoms with Crippen molar-refractivity contribution in [3.63, 3.8) is 0 Å². The smallest absolute Gasteiger partial charge is 0.268 e. The van der Waals surface area contributed by atoms with Crippen LogP contribution in [0.2, 0.25) is 0 Å². The molecular formula is C20H19F2N3O3. The number of likely N-dealkylation sites (tertiary alicyclic amines) is 1. The number of aromatic amines is 1. The Bertz CT molecular complexity index is 1010. The predicted molar refractivity (Wildman–Crippen MR) is 98.0 cm³/mol. The zero-order chi connectivity index (χ0) is 20.3. The van der Waals surface area contributed by atoms with Crippen LogP contribution >= 0.6 is 0 Å². The monoisotopic (exact) mass is 387 g/mol. The maximum Gasteiger partial charge on any atom is 0.268 e. The zero-order valence-electron chi connectivity index (χ0n) is 15.1. The highest BCUT2D eigenvalue weighted by Crippen LogP contribution is 2.32. The first-order chi connectivity index (χ1) is 13.3. The molecule has 0 radical (unpaired) electrons. The first kappa shape index (κ1) is 19.7. The van der Waals surface area contributed by atoms with Crippen LogP contribution in [-0.2, 0) is 4.79 Å². The quantitative estimate of drug-likeness (QED) is 0.609. The number of rotatable bonds is 6. The number of nitrogens with one attached hydrogen (secondary N) is 1. The molecule has 1 aliphatic rings.